The predicted molar refractivity (Wildman–Crippen MR) is 60.6 cm³/mol. The SMILES string of the molecule is COC(=O)c1cccc(C(O)C(O)CN=[N+]=[N-])n1. The Labute approximate surface area is 102 Å². The molecule has 2 atom stereocenters. The summed E-state index contributed by atoms with van der Waals surface area (Å²) in [5.41, 5.74) is 8.22. The van der Waals surface area contributed by atoms with Gasteiger partial charge in [-0.1, -0.05) is 11.2 Å². The minimum atomic E-state index is -1.35. The molecule has 0 amide bonds. The second kappa shape index (κ2) is 6.55. The van der Waals surface area contributed by atoms with Gasteiger partial charge in [-0.05, 0) is 17.7 Å². The van der Waals surface area contributed by atoms with Gasteiger partial charge in [-0.3, -0.25) is 0 Å². The number of pyridine rings is 1. The molecule has 1 rings (SSSR count). The lowest BCUT2D eigenvalue weighted by molar-refractivity contribution is 0.0215. The first-order chi connectivity index (χ1) is 8.60. The van der Waals surface area contributed by atoms with Gasteiger partial charge in [0.2, 0.25) is 0 Å². The van der Waals surface area contributed by atoms with Gasteiger partial charge in [0.25, 0.3) is 0 Å². The summed E-state index contributed by atoms with van der Waals surface area (Å²) in [6.07, 6.45) is -2.64. The highest BCUT2D eigenvalue weighted by molar-refractivity contribution is 5.87. The number of aromatic nitrogens is 1. The highest BCUT2D eigenvalue weighted by Crippen LogP contribution is 2.15. The Morgan fingerprint density at radius 2 is 2.33 bits per heavy atom. The fourth-order valence-electron chi connectivity index (χ4n) is 1.25. The third-order valence-corrected chi connectivity index (χ3v) is 2.16. The lowest BCUT2D eigenvalue weighted by Gasteiger charge is -2.15. The van der Waals surface area contributed by atoms with Crippen molar-refractivity contribution in [3.63, 3.8) is 0 Å². The van der Waals surface area contributed by atoms with Gasteiger partial charge < -0.3 is 14.9 Å². The van der Waals surface area contributed by atoms with Crippen LogP contribution >= 0.6 is 0 Å². The number of ether oxygens (including phenoxy) is 1. The Kier molecular flexibility index (Phi) is 5.06. The van der Waals surface area contributed by atoms with Crippen LogP contribution in [0.2, 0.25) is 0 Å². The highest BCUT2D eigenvalue weighted by Gasteiger charge is 2.20. The number of esters is 1. The van der Waals surface area contributed by atoms with E-state index in [1.165, 1.54) is 25.3 Å². The molecule has 8 nitrogen and oxygen atoms in total. The predicted octanol–water partition coefficient (Wildman–Crippen LogP) is 0.573. The van der Waals surface area contributed by atoms with Gasteiger partial charge >= 0.3 is 5.97 Å². The molecule has 0 spiro atoms. The average Bonchev–Trinajstić information content (AvgIpc) is 2.43. The van der Waals surface area contributed by atoms with Crippen LogP contribution < -0.4 is 0 Å². The Hall–Kier alpha value is -2.15. The van der Waals surface area contributed by atoms with E-state index in [0.717, 1.165) is 0 Å². The van der Waals surface area contributed by atoms with Crippen molar-refractivity contribution in [3.05, 3.63) is 40.0 Å². The number of methoxy groups -OCH3 is 1. The maximum atomic E-state index is 11.2. The maximum absolute atomic E-state index is 11.2. The molecule has 0 aliphatic carbocycles. The zero-order valence-corrected chi connectivity index (χ0v) is 9.59. The van der Waals surface area contributed by atoms with Gasteiger partial charge in [0, 0.05) is 4.91 Å². The van der Waals surface area contributed by atoms with Gasteiger partial charge in [0.15, 0.2) is 0 Å². The van der Waals surface area contributed by atoms with Crippen LogP contribution in [0.3, 0.4) is 0 Å². The largest absolute Gasteiger partial charge is 0.464 e. The third kappa shape index (κ3) is 3.42. The van der Waals surface area contributed by atoms with Crippen molar-refractivity contribution in [2.24, 2.45) is 5.11 Å². The second-order valence-electron chi connectivity index (χ2n) is 3.36. The zero-order chi connectivity index (χ0) is 13.5. The molecule has 0 radical (unpaired) electrons. The van der Waals surface area contributed by atoms with Gasteiger partial charge in [-0.25, -0.2) is 9.78 Å². The number of carbonyl (C=O) groups is 1. The van der Waals surface area contributed by atoms with E-state index in [9.17, 15) is 15.0 Å². The van der Waals surface area contributed by atoms with Crippen molar-refractivity contribution >= 4 is 5.97 Å². The van der Waals surface area contributed by atoms with Crippen LogP contribution in [-0.2, 0) is 4.74 Å². The van der Waals surface area contributed by atoms with E-state index in [0.29, 0.717) is 0 Å². The van der Waals surface area contributed by atoms with Crippen LogP contribution in [-0.4, -0.2) is 40.9 Å². The number of hydrogen-bond acceptors (Lipinski definition) is 6. The molecule has 1 aromatic heterocycles. The number of aliphatic hydroxyl groups is 2. The molecule has 0 fully saturated rings. The normalized spacial score (nSPS) is 13.3. The molecule has 0 aromatic carbocycles. The van der Waals surface area contributed by atoms with Crippen molar-refractivity contribution < 1.29 is 19.7 Å². The van der Waals surface area contributed by atoms with Crippen molar-refractivity contribution in [2.75, 3.05) is 13.7 Å². The minimum Gasteiger partial charge on any atom is -0.464 e. The molecule has 8 heteroatoms. The maximum Gasteiger partial charge on any atom is 0.356 e. The van der Waals surface area contributed by atoms with Crippen molar-refractivity contribution in [1.82, 2.24) is 4.98 Å². The Morgan fingerprint density at radius 1 is 1.61 bits per heavy atom. The van der Waals surface area contributed by atoms with Crippen molar-refractivity contribution in [1.29, 1.82) is 0 Å². The zero-order valence-electron chi connectivity index (χ0n) is 9.59. The molecular weight excluding hydrogens is 240 g/mol. The van der Waals surface area contributed by atoms with Gasteiger partial charge in [-0.15, -0.1) is 0 Å². The minimum absolute atomic E-state index is 0.0186. The molecule has 96 valence electrons. The number of carbonyl (C=O) groups excluding carboxylic acids is 1. The van der Waals surface area contributed by atoms with Crippen LogP contribution in [0.1, 0.15) is 22.3 Å². The number of rotatable bonds is 5. The fourth-order valence-corrected chi connectivity index (χ4v) is 1.25. The van der Waals surface area contributed by atoms with Crippen LogP contribution in [0, 0.1) is 0 Å². The first kappa shape index (κ1) is 13.9. The molecule has 18 heavy (non-hydrogen) atoms. The van der Waals surface area contributed by atoms with E-state index >= 15 is 0 Å². The summed E-state index contributed by atoms with van der Waals surface area (Å²) in [4.78, 5) is 17.6. The molecule has 0 bridgehead atoms. The summed E-state index contributed by atoms with van der Waals surface area (Å²) in [7, 11) is 1.21. The summed E-state index contributed by atoms with van der Waals surface area (Å²) >= 11 is 0. The highest BCUT2D eigenvalue weighted by atomic mass is 16.5. The van der Waals surface area contributed by atoms with Crippen molar-refractivity contribution in [3.8, 4) is 0 Å². The van der Waals surface area contributed by atoms with E-state index in [-0.39, 0.29) is 17.9 Å². The van der Waals surface area contributed by atoms with E-state index in [1.807, 2.05) is 0 Å². The van der Waals surface area contributed by atoms with E-state index in [2.05, 4.69) is 19.7 Å². The number of aliphatic hydroxyl groups excluding tert-OH is 2. The molecule has 0 saturated carbocycles. The van der Waals surface area contributed by atoms with Crippen molar-refractivity contribution in [2.45, 2.75) is 12.2 Å². The number of nitrogens with zero attached hydrogens (tertiary/aromatic N) is 4. The van der Waals surface area contributed by atoms with Crippen LogP contribution in [0.4, 0.5) is 0 Å². The summed E-state index contributed by atoms with van der Waals surface area (Å²) in [6, 6.07) is 4.36. The first-order valence-electron chi connectivity index (χ1n) is 5.02. The Bertz CT molecular complexity index is 473. The summed E-state index contributed by atoms with van der Waals surface area (Å²) < 4.78 is 4.48. The average molecular weight is 252 g/mol. The molecular formula is C10H12N4O4. The van der Waals surface area contributed by atoms with Gasteiger partial charge in [0.05, 0.1) is 25.5 Å². The summed E-state index contributed by atoms with van der Waals surface area (Å²) in [5, 5.41) is 22.4. The summed E-state index contributed by atoms with van der Waals surface area (Å²) in [6.45, 7) is -0.290. The smallest absolute Gasteiger partial charge is 0.356 e. The molecule has 0 aliphatic rings. The standard InChI is InChI=1S/C10H12N4O4/c1-18-10(17)7-4-2-3-6(13-7)9(16)8(15)5-12-14-11/h2-4,8-9,15-16H,5H2,1H3. The number of hydrogen-bond donors (Lipinski definition) is 2. The summed E-state index contributed by atoms with van der Waals surface area (Å²) in [5.74, 6) is -0.645. The molecule has 0 aliphatic heterocycles. The second-order valence-corrected chi connectivity index (χ2v) is 3.36. The molecule has 2 unspecified atom stereocenters. The lowest BCUT2D eigenvalue weighted by Crippen LogP contribution is -2.22. The molecule has 1 heterocycles. The Morgan fingerprint density at radius 3 is 2.94 bits per heavy atom. The van der Waals surface area contributed by atoms with Gasteiger partial charge in [-0.2, -0.15) is 0 Å². The quantitative estimate of drug-likeness (QED) is 0.342. The molecule has 1 aromatic rings. The lowest BCUT2D eigenvalue weighted by atomic mass is 10.1. The first-order valence-corrected chi connectivity index (χ1v) is 5.02. The number of azide groups is 1. The van der Waals surface area contributed by atoms with E-state index in [1.54, 1.807) is 0 Å². The third-order valence-electron chi connectivity index (χ3n) is 2.16. The topological polar surface area (TPSA) is 128 Å². The molecule has 2 N–H and O–H groups in total. The van der Waals surface area contributed by atoms with Crippen LogP contribution in [0.15, 0.2) is 23.3 Å². The molecule has 0 saturated heterocycles. The fraction of sp³-hybridized carbons (Fsp3) is 0.400. The van der Waals surface area contributed by atoms with E-state index in [4.69, 9.17) is 5.53 Å². The van der Waals surface area contributed by atoms with Crippen LogP contribution in [0.5, 0.6) is 0 Å². The Balaban J connectivity index is 2.88. The van der Waals surface area contributed by atoms with Crippen LogP contribution in [0.25, 0.3) is 10.4 Å². The van der Waals surface area contributed by atoms with Gasteiger partial charge in [0.1, 0.15) is 11.8 Å². The van der Waals surface area contributed by atoms with E-state index < -0.39 is 18.2 Å². The monoisotopic (exact) mass is 252 g/mol.